The van der Waals surface area contributed by atoms with Crippen LogP contribution in [0.1, 0.15) is 30.0 Å². The van der Waals surface area contributed by atoms with Gasteiger partial charge in [-0.2, -0.15) is 0 Å². The van der Waals surface area contributed by atoms with Crippen molar-refractivity contribution < 1.29 is 9.84 Å². The number of methoxy groups -OCH3 is 1. The zero-order valence-electron chi connectivity index (χ0n) is 15.9. The molecule has 2 aromatic carbocycles. The van der Waals surface area contributed by atoms with Gasteiger partial charge < -0.3 is 15.2 Å². The number of rotatable bonds is 3. The van der Waals surface area contributed by atoms with Crippen molar-refractivity contribution in [2.24, 2.45) is 0 Å². The molecule has 0 saturated carbocycles. The van der Waals surface area contributed by atoms with Crippen LogP contribution in [0.2, 0.25) is 0 Å². The molecular formula is C22H24N4O2. The Morgan fingerprint density at radius 2 is 1.86 bits per heavy atom. The number of hydrogen-bond donors (Lipinski definition) is 2. The molecule has 3 aromatic rings. The third-order valence-corrected chi connectivity index (χ3v) is 6.36. The third kappa shape index (κ3) is 2.56. The van der Waals surface area contributed by atoms with Crippen LogP contribution in [-0.2, 0) is 5.41 Å². The molecule has 0 amide bonds. The molecule has 5 rings (SSSR count). The fourth-order valence-electron chi connectivity index (χ4n) is 4.87. The molecule has 0 radical (unpaired) electrons. The molecule has 1 fully saturated rings. The Morgan fingerprint density at radius 3 is 2.61 bits per heavy atom. The number of benzene rings is 2. The van der Waals surface area contributed by atoms with Crippen LogP contribution in [0.25, 0.3) is 11.3 Å². The molecule has 2 atom stereocenters. The Hall–Kier alpha value is -2.70. The standard InChI is InChI=1S/C22H24N4O2/c1-28-16-8-6-15(7-9-16)19-14-26(25-24-19)20-17-4-2-3-5-18(17)22(21(20)27)10-12-23-13-11-22/h2-9,14,20-21,23,27H,10-13H2,1H3/t20-,21+/m0/s1. The van der Waals surface area contributed by atoms with Crippen LogP contribution in [0.4, 0.5) is 0 Å². The highest BCUT2D eigenvalue weighted by atomic mass is 16.5. The van der Waals surface area contributed by atoms with Crippen LogP contribution in [0.15, 0.2) is 54.7 Å². The Balaban J connectivity index is 1.53. The molecule has 1 spiro atoms. The first kappa shape index (κ1) is 17.4. The van der Waals surface area contributed by atoms with Crippen LogP contribution >= 0.6 is 0 Å². The summed E-state index contributed by atoms with van der Waals surface area (Å²) in [6.07, 6.45) is 3.29. The average molecular weight is 376 g/mol. The largest absolute Gasteiger partial charge is 0.497 e. The van der Waals surface area contributed by atoms with Crippen molar-refractivity contribution in [1.29, 1.82) is 0 Å². The monoisotopic (exact) mass is 376 g/mol. The predicted molar refractivity (Wildman–Crippen MR) is 106 cm³/mol. The quantitative estimate of drug-likeness (QED) is 0.735. The molecule has 6 heteroatoms. The summed E-state index contributed by atoms with van der Waals surface area (Å²) in [5, 5.41) is 23.7. The molecule has 1 saturated heterocycles. The highest BCUT2D eigenvalue weighted by Gasteiger charge is 2.52. The second-order valence-electron chi connectivity index (χ2n) is 7.70. The van der Waals surface area contributed by atoms with Gasteiger partial charge in [0, 0.05) is 11.0 Å². The van der Waals surface area contributed by atoms with Gasteiger partial charge in [-0.15, -0.1) is 5.10 Å². The molecule has 2 N–H and O–H groups in total. The fraction of sp³-hybridized carbons (Fsp3) is 0.364. The van der Waals surface area contributed by atoms with Gasteiger partial charge in [0.2, 0.25) is 0 Å². The van der Waals surface area contributed by atoms with Crippen molar-refractivity contribution in [3.8, 4) is 17.0 Å². The highest BCUT2D eigenvalue weighted by molar-refractivity contribution is 5.59. The first-order chi connectivity index (χ1) is 13.7. The van der Waals surface area contributed by atoms with Crippen LogP contribution in [0, 0.1) is 0 Å². The first-order valence-electron chi connectivity index (χ1n) is 9.77. The van der Waals surface area contributed by atoms with Crippen molar-refractivity contribution in [2.75, 3.05) is 20.2 Å². The molecule has 0 unspecified atom stereocenters. The van der Waals surface area contributed by atoms with E-state index in [1.54, 1.807) is 7.11 Å². The van der Waals surface area contributed by atoms with Crippen molar-refractivity contribution in [3.63, 3.8) is 0 Å². The minimum atomic E-state index is -0.516. The van der Waals surface area contributed by atoms with E-state index in [2.05, 4.69) is 33.8 Å². The van der Waals surface area contributed by atoms with Gasteiger partial charge in [-0.05, 0) is 61.3 Å². The summed E-state index contributed by atoms with van der Waals surface area (Å²) < 4.78 is 7.06. The van der Waals surface area contributed by atoms with Gasteiger partial charge in [0.05, 0.1) is 19.4 Å². The summed E-state index contributed by atoms with van der Waals surface area (Å²) >= 11 is 0. The Kier molecular flexibility index (Phi) is 4.18. The summed E-state index contributed by atoms with van der Waals surface area (Å²) in [7, 11) is 1.65. The predicted octanol–water partition coefficient (Wildman–Crippen LogP) is 2.54. The number of fused-ring (bicyclic) bond motifs is 2. The molecule has 6 nitrogen and oxygen atoms in total. The maximum atomic E-state index is 11.5. The lowest BCUT2D eigenvalue weighted by atomic mass is 9.72. The van der Waals surface area contributed by atoms with E-state index in [0.29, 0.717) is 0 Å². The van der Waals surface area contributed by atoms with Gasteiger partial charge in [0.25, 0.3) is 0 Å². The number of hydrogen-bond acceptors (Lipinski definition) is 5. The average Bonchev–Trinajstić information content (AvgIpc) is 3.32. The van der Waals surface area contributed by atoms with Crippen molar-refractivity contribution in [2.45, 2.75) is 30.4 Å². The summed E-state index contributed by atoms with van der Waals surface area (Å²) in [4.78, 5) is 0. The highest BCUT2D eigenvalue weighted by Crippen LogP contribution is 2.51. The van der Waals surface area contributed by atoms with E-state index in [1.807, 2.05) is 41.2 Å². The van der Waals surface area contributed by atoms with E-state index < -0.39 is 6.10 Å². The Labute approximate surface area is 164 Å². The van der Waals surface area contributed by atoms with E-state index in [0.717, 1.165) is 48.5 Å². The minimum Gasteiger partial charge on any atom is -0.497 e. The molecule has 0 bridgehead atoms. The van der Waals surface area contributed by atoms with Crippen molar-refractivity contribution in [1.82, 2.24) is 20.3 Å². The van der Waals surface area contributed by atoms with Gasteiger partial charge in [-0.3, -0.25) is 0 Å². The summed E-state index contributed by atoms with van der Waals surface area (Å²) in [5.41, 5.74) is 3.97. The molecule has 1 aliphatic heterocycles. The maximum absolute atomic E-state index is 11.5. The summed E-state index contributed by atoms with van der Waals surface area (Å²) in [6.45, 7) is 1.85. The lowest BCUT2D eigenvalue weighted by molar-refractivity contribution is 0.0421. The van der Waals surface area contributed by atoms with E-state index in [-0.39, 0.29) is 11.5 Å². The van der Waals surface area contributed by atoms with Crippen LogP contribution in [0.3, 0.4) is 0 Å². The topological polar surface area (TPSA) is 72.2 Å². The zero-order chi connectivity index (χ0) is 19.1. The molecule has 1 aromatic heterocycles. The smallest absolute Gasteiger partial charge is 0.118 e. The Bertz CT molecular complexity index is 976. The number of ether oxygens (including phenoxy) is 1. The first-order valence-corrected chi connectivity index (χ1v) is 9.77. The minimum absolute atomic E-state index is 0.210. The normalized spacial score (nSPS) is 22.9. The maximum Gasteiger partial charge on any atom is 0.118 e. The lowest BCUT2D eigenvalue weighted by Crippen LogP contribution is -2.47. The second kappa shape index (κ2) is 6.72. The SMILES string of the molecule is COc1ccc(-c2cn([C@H]3c4ccccc4C4(CCNCC4)[C@@H]3O)nn2)cc1. The Morgan fingerprint density at radius 1 is 1.11 bits per heavy atom. The number of nitrogens with zero attached hydrogens (tertiary/aromatic N) is 3. The molecule has 28 heavy (non-hydrogen) atoms. The summed E-state index contributed by atoms with van der Waals surface area (Å²) in [5.74, 6) is 0.809. The van der Waals surface area contributed by atoms with Crippen LogP contribution in [0.5, 0.6) is 5.75 Å². The molecular weight excluding hydrogens is 352 g/mol. The number of piperidine rings is 1. The number of nitrogens with one attached hydrogen (secondary N) is 1. The van der Waals surface area contributed by atoms with E-state index in [9.17, 15) is 5.11 Å². The van der Waals surface area contributed by atoms with Crippen molar-refractivity contribution >= 4 is 0 Å². The van der Waals surface area contributed by atoms with E-state index >= 15 is 0 Å². The number of aliphatic hydroxyl groups excluding tert-OH is 1. The molecule has 2 aliphatic rings. The van der Waals surface area contributed by atoms with Crippen LogP contribution in [-0.4, -0.2) is 46.4 Å². The van der Waals surface area contributed by atoms with Gasteiger partial charge in [0.15, 0.2) is 0 Å². The van der Waals surface area contributed by atoms with Crippen molar-refractivity contribution in [3.05, 3.63) is 65.9 Å². The fourth-order valence-corrected chi connectivity index (χ4v) is 4.87. The molecule has 144 valence electrons. The van der Waals surface area contributed by atoms with Gasteiger partial charge in [-0.25, -0.2) is 4.68 Å². The van der Waals surface area contributed by atoms with Gasteiger partial charge >= 0.3 is 0 Å². The van der Waals surface area contributed by atoms with Crippen LogP contribution < -0.4 is 10.1 Å². The molecule has 1 aliphatic carbocycles. The zero-order valence-corrected chi connectivity index (χ0v) is 15.9. The summed E-state index contributed by atoms with van der Waals surface area (Å²) in [6, 6.07) is 16.0. The number of aliphatic hydroxyl groups is 1. The van der Waals surface area contributed by atoms with Gasteiger partial charge in [0.1, 0.15) is 17.5 Å². The second-order valence-corrected chi connectivity index (χ2v) is 7.70. The molecule has 2 heterocycles. The lowest BCUT2D eigenvalue weighted by Gasteiger charge is -2.38. The van der Waals surface area contributed by atoms with Gasteiger partial charge in [-0.1, -0.05) is 29.5 Å². The van der Waals surface area contributed by atoms with E-state index in [4.69, 9.17) is 4.74 Å². The van der Waals surface area contributed by atoms with E-state index in [1.165, 1.54) is 5.56 Å². The number of aromatic nitrogens is 3. The third-order valence-electron chi connectivity index (χ3n) is 6.36.